The Labute approximate surface area is 77.7 Å². The monoisotopic (exact) mass is 208 g/mol. The molecule has 1 atom stereocenters. The number of hydrogen-bond donors (Lipinski definition) is 2. The van der Waals surface area contributed by atoms with Crippen LogP contribution in [0.5, 0.6) is 0 Å². The fraction of sp³-hybridized carbons (Fsp3) is 0.250. The van der Waals surface area contributed by atoms with Crippen LogP contribution < -0.4 is 11.3 Å². The lowest BCUT2D eigenvalue weighted by atomic mass is 10.1. The quantitative estimate of drug-likeness (QED) is 0.442. The van der Waals surface area contributed by atoms with Crippen LogP contribution in [0.4, 0.5) is 17.6 Å². The number of alkyl halides is 3. The van der Waals surface area contributed by atoms with E-state index in [1.165, 1.54) is 0 Å². The zero-order chi connectivity index (χ0) is 10.8. The van der Waals surface area contributed by atoms with Gasteiger partial charge in [-0.1, -0.05) is 12.1 Å². The predicted octanol–water partition coefficient (Wildman–Crippen LogP) is 1.89. The summed E-state index contributed by atoms with van der Waals surface area (Å²) in [5.41, 5.74) is 1.51. The number of rotatable bonds is 2. The lowest BCUT2D eigenvalue weighted by molar-refractivity contribution is -0.157. The van der Waals surface area contributed by atoms with E-state index >= 15 is 0 Å². The SMILES string of the molecule is NNC(c1ccc(F)cc1)C(F)(F)F. The highest BCUT2D eigenvalue weighted by molar-refractivity contribution is 5.21. The second-order valence-electron chi connectivity index (χ2n) is 2.69. The molecular formula is C8H8F4N2. The maximum absolute atomic E-state index is 12.4. The molecule has 1 aromatic carbocycles. The number of hydrazine groups is 1. The molecule has 0 saturated heterocycles. The van der Waals surface area contributed by atoms with Crippen molar-refractivity contribution in [2.24, 2.45) is 5.84 Å². The van der Waals surface area contributed by atoms with Gasteiger partial charge >= 0.3 is 6.18 Å². The molecule has 0 amide bonds. The highest BCUT2D eigenvalue weighted by Crippen LogP contribution is 2.31. The highest BCUT2D eigenvalue weighted by atomic mass is 19.4. The predicted molar refractivity (Wildman–Crippen MR) is 42.5 cm³/mol. The summed E-state index contributed by atoms with van der Waals surface area (Å²) < 4.78 is 49.2. The molecule has 0 spiro atoms. The third-order valence-corrected chi connectivity index (χ3v) is 1.70. The molecule has 0 bridgehead atoms. The van der Waals surface area contributed by atoms with Gasteiger partial charge in [-0.05, 0) is 17.7 Å². The van der Waals surface area contributed by atoms with E-state index < -0.39 is 18.0 Å². The van der Waals surface area contributed by atoms with Crippen LogP contribution in [0.1, 0.15) is 11.6 Å². The smallest absolute Gasteiger partial charge is 0.271 e. The second-order valence-corrected chi connectivity index (χ2v) is 2.69. The van der Waals surface area contributed by atoms with E-state index in [9.17, 15) is 17.6 Å². The van der Waals surface area contributed by atoms with E-state index in [1.54, 1.807) is 5.43 Å². The summed E-state index contributed by atoms with van der Waals surface area (Å²) in [6.07, 6.45) is -4.49. The van der Waals surface area contributed by atoms with Crippen LogP contribution in [-0.4, -0.2) is 6.18 Å². The van der Waals surface area contributed by atoms with Crippen LogP contribution in [-0.2, 0) is 0 Å². The van der Waals surface area contributed by atoms with Gasteiger partial charge in [-0.3, -0.25) is 5.84 Å². The molecule has 0 heterocycles. The molecule has 0 saturated carbocycles. The van der Waals surface area contributed by atoms with Crippen molar-refractivity contribution < 1.29 is 17.6 Å². The summed E-state index contributed by atoms with van der Waals surface area (Å²) in [6.45, 7) is 0. The average molecular weight is 208 g/mol. The van der Waals surface area contributed by atoms with Gasteiger partial charge in [0.1, 0.15) is 11.9 Å². The summed E-state index contributed by atoms with van der Waals surface area (Å²) in [5, 5.41) is 0. The molecule has 0 aliphatic heterocycles. The van der Waals surface area contributed by atoms with E-state index in [0.29, 0.717) is 0 Å². The topological polar surface area (TPSA) is 38.0 Å². The zero-order valence-corrected chi connectivity index (χ0v) is 6.98. The number of hydrogen-bond acceptors (Lipinski definition) is 2. The molecule has 1 unspecified atom stereocenters. The Morgan fingerprint density at radius 2 is 1.64 bits per heavy atom. The fourth-order valence-corrected chi connectivity index (χ4v) is 1.03. The van der Waals surface area contributed by atoms with Crippen LogP contribution in [0.3, 0.4) is 0 Å². The average Bonchev–Trinajstić information content (AvgIpc) is 2.07. The lowest BCUT2D eigenvalue weighted by Crippen LogP contribution is -2.38. The number of halogens is 4. The van der Waals surface area contributed by atoms with Crippen LogP contribution >= 0.6 is 0 Å². The molecule has 0 fully saturated rings. The summed E-state index contributed by atoms with van der Waals surface area (Å²) in [7, 11) is 0. The second kappa shape index (κ2) is 3.93. The number of nitrogens with two attached hydrogens (primary N) is 1. The van der Waals surface area contributed by atoms with Gasteiger partial charge in [-0.2, -0.15) is 13.2 Å². The Kier molecular flexibility index (Phi) is 3.07. The lowest BCUT2D eigenvalue weighted by Gasteiger charge is -2.19. The number of nitrogens with one attached hydrogen (secondary N) is 1. The summed E-state index contributed by atoms with van der Waals surface area (Å²) in [6, 6.07) is 2.00. The first-order chi connectivity index (χ1) is 6.45. The first kappa shape index (κ1) is 10.9. The Morgan fingerprint density at radius 3 is 2.00 bits per heavy atom. The third-order valence-electron chi connectivity index (χ3n) is 1.70. The Hall–Kier alpha value is -1.14. The van der Waals surface area contributed by atoms with Crippen LogP contribution in [0, 0.1) is 5.82 Å². The van der Waals surface area contributed by atoms with Gasteiger partial charge in [-0.25, -0.2) is 9.82 Å². The molecule has 2 nitrogen and oxygen atoms in total. The van der Waals surface area contributed by atoms with E-state index in [0.717, 1.165) is 24.3 Å². The Morgan fingerprint density at radius 1 is 1.14 bits per heavy atom. The highest BCUT2D eigenvalue weighted by Gasteiger charge is 2.39. The van der Waals surface area contributed by atoms with Gasteiger partial charge in [0.2, 0.25) is 0 Å². The summed E-state index contributed by atoms with van der Waals surface area (Å²) in [5.74, 6) is 4.17. The van der Waals surface area contributed by atoms with Gasteiger partial charge in [0.15, 0.2) is 0 Å². The molecule has 3 N–H and O–H groups in total. The van der Waals surface area contributed by atoms with Crippen molar-refractivity contribution in [2.75, 3.05) is 0 Å². The van der Waals surface area contributed by atoms with Crippen molar-refractivity contribution in [1.29, 1.82) is 0 Å². The largest absolute Gasteiger partial charge is 0.409 e. The molecule has 1 aromatic rings. The molecule has 0 aromatic heterocycles. The van der Waals surface area contributed by atoms with Crippen molar-refractivity contribution in [3.63, 3.8) is 0 Å². The van der Waals surface area contributed by atoms with Gasteiger partial charge in [0.05, 0.1) is 0 Å². The minimum Gasteiger partial charge on any atom is -0.271 e. The van der Waals surface area contributed by atoms with Crippen LogP contribution in [0.25, 0.3) is 0 Å². The Bertz CT molecular complexity index is 293. The van der Waals surface area contributed by atoms with Gasteiger partial charge < -0.3 is 0 Å². The molecule has 1 rings (SSSR count). The van der Waals surface area contributed by atoms with E-state index in [-0.39, 0.29) is 5.56 Å². The first-order valence-electron chi connectivity index (χ1n) is 3.73. The van der Waals surface area contributed by atoms with Crippen molar-refractivity contribution in [1.82, 2.24) is 5.43 Å². The normalized spacial score (nSPS) is 14.1. The zero-order valence-electron chi connectivity index (χ0n) is 6.98. The Balaban J connectivity index is 2.96. The van der Waals surface area contributed by atoms with Crippen molar-refractivity contribution in [3.8, 4) is 0 Å². The van der Waals surface area contributed by atoms with E-state index in [2.05, 4.69) is 0 Å². The van der Waals surface area contributed by atoms with Gasteiger partial charge in [0.25, 0.3) is 0 Å². The summed E-state index contributed by atoms with van der Waals surface area (Å²) in [4.78, 5) is 0. The van der Waals surface area contributed by atoms with E-state index in [1.807, 2.05) is 0 Å². The minimum atomic E-state index is -4.49. The van der Waals surface area contributed by atoms with Crippen molar-refractivity contribution in [2.45, 2.75) is 12.2 Å². The molecule has 14 heavy (non-hydrogen) atoms. The molecule has 0 aliphatic carbocycles. The first-order valence-corrected chi connectivity index (χ1v) is 3.73. The molecule has 0 aliphatic rings. The fourth-order valence-electron chi connectivity index (χ4n) is 1.03. The molecule has 6 heteroatoms. The third kappa shape index (κ3) is 2.43. The minimum absolute atomic E-state index is 0.124. The van der Waals surface area contributed by atoms with Crippen LogP contribution in [0.2, 0.25) is 0 Å². The molecule has 78 valence electrons. The van der Waals surface area contributed by atoms with Crippen molar-refractivity contribution in [3.05, 3.63) is 35.6 Å². The van der Waals surface area contributed by atoms with Gasteiger partial charge in [0, 0.05) is 0 Å². The molecule has 0 radical (unpaired) electrons. The molecular weight excluding hydrogens is 200 g/mol. The van der Waals surface area contributed by atoms with E-state index in [4.69, 9.17) is 5.84 Å². The van der Waals surface area contributed by atoms with Gasteiger partial charge in [-0.15, -0.1) is 0 Å². The maximum Gasteiger partial charge on any atom is 0.409 e. The maximum atomic E-state index is 12.4. The van der Waals surface area contributed by atoms with Crippen LogP contribution in [0.15, 0.2) is 24.3 Å². The summed E-state index contributed by atoms with van der Waals surface area (Å²) >= 11 is 0. The number of benzene rings is 1. The standard InChI is InChI=1S/C8H8F4N2/c9-6-3-1-5(2-4-6)7(14-13)8(10,11)12/h1-4,7,14H,13H2. The van der Waals surface area contributed by atoms with Crippen molar-refractivity contribution >= 4 is 0 Å².